The van der Waals surface area contributed by atoms with Crippen LogP contribution in [0.15, 0.2) is 0 Å². The summed E-state index contributed by atoms with van der Waals surface area (Å²) in [5, 5.41) is 6.12. The average molecular weight is 253 g/mol. The zero-order valence-electron chi connectivity index (χ0n) is 10.9. The van der Waals surface area contributed by atoms with Crippen LogP contribution in [-0.2, 0) is 11.2 Å². The molecule has 0 aliphatic rings. The van der Waals surface area contributed by atoms with E-state index < -0.39 is 6.09 Å². The van der Waals surface area contributed by atoms with Crippen LogP contribution in [0.25, 0.3) is 0 Å². The van der Waals surface area contributed by atoms with Crippen LogP contribution in [-0.4, -0.2) is 36.3 Å². The number of primary amides is 1. The summed E-state index contributed by atoms with van der Waals surface area (Å²) in [4.78, 5) is 19.2. The summed E-state index contributed by atoms with van der Waals surface area (Å²) < 4.78 is 4.63. The maximum atomic E-state index is 10.4. The fourth-order valence-corrected chi connectivity index (χ4v) is 1.46. The van der Waals surface area contributed by atoms with Gasteiger partial charge in [-0.2, -0.15) is 0 Å². The fourth-order valence-electron chi connectivity index (χ4n) is 1.46. The normalized spacial score (nSPS) is 9.94. The molecule has 0 fully saturated rings. The lowest BCUT2D eigenvalue weighted by Gasteiger charge is -2.13. The SMILES string of the molecule is CCc1nc(NC)c(C)c(NCCOC(N)=O)n1. The third-order valence-electron chi connectivity index (χ3n) is 2.38. The minimum atomic E-state index is -0.777. The second-order valence-corrected chi connectivity index (χ2v) is 3.66. The quantitative estimate of drug-likeness (QED) is 0.651. The average Bonchev–Trinajstić information content (AvgIpc) is 2.36. The monoisotopic (exact) mass is 253 g/mol. The number of anilines is 2. The summed E-state index contributed by atoms with van der Waals surface area (Å²) in [5.41, 5.74) is 5.79. The van der Waals surface area contributed by atoms with Crippen molar-refractivity contribution in [2.45, 2.75) is 20.3 Å². The summed E-state index contributed by atoms with van der Waals surface area (Å²) in [6, 6.07) is 0. The van der Waals surface area contributed by atoms with Gasteiger partial charge in [0.15, 0.2) is 0 Å². The second-order valence-electron chi connectivity index (χ2n) is 3.66. The van der Waals surface area contributed by atoms with Crippen LogP contribution in [0.1, 0.15) is 18.3 Å². The predicted molar refractivity (Wildman–Crippen MR) is 69.7 cm³/mol. The lowest BCUT2D eigenvalue weighted by molar-refractivity contribution is 0.161. The minimum absolute atomic E-state index is 0.203. The smallest absolute Gasteiger partial charge is 0.404 e. The molecule has 0 unspecified atom stereocenters. The zero-order valence-corrected chi connectivity index (χ0v) is 10.9. The Labute approximate surface area is 106 Å². The van der Waals surface area contributed by atoms with E-state index in [1.807, 2.05) is 20.9 Å². The molecule has 1 amide bonds. The van der Waals surface area contributed by atoms with Gasteiger partial charge in [0, 0.05) is 19.0 Å². The zero-order chi connectivity index (χ0) is 13.5. The third-order valence-corrected chi connectivity index (χ3v) is 2.38. The molecule has 0 saturated carbocycles. The molecule has 4 N–H and O–H groups in total. The molecular weight excluding hydrogens is 234 g/mol. The van der Waals surface area contributed by atoms with Crippen molar-refractivity contribution < 1.29 is 9.53 Å². The molecule has 100 valence electrons. The Morgan fingerprint density at radius 1 is 1.39 bits per heavy atom. The molecule has 7 nitrogen and oxygen atoms in total. The van der Waals surface area contributed by atoms with Crippen LogP contribution >= 0.6 is 0 Å². The molecule has 1 rings (SSSR count). The van der Waals surface area contributed by atoms with Crippen LogP contribution in [0, 0.1) is 6.92 Å². The van der Waals surface area contributed by atoms with Crippen LogP contribution in [0.4, 0.5) is 16.4 Å². The van der Waals surface area contributed by atoms with Gasteiger partial charge in [-0.05, 0) is 6.92 Å². The summed E-state index contributed by atoms with van der Waals surface area (Å²) in [5.74, 6) is 2.28. The molecule has 0 atom stereocenters. The number of rotatable bonds is 6. The highest BCUT2D eigenvalue weighted by molar-refractivity contribution is 5.64. The fraction of sp³-hybridized carbons (Fsp3) is 0.545. The lowest BCUT2D eigenvalue weighted by Crippen LogP contribution is -2.19. The Morgan fingerprint density at radius 2 is 2.06 bits per heavy atom. The first-order valence-electron chi connectivity index (χ1n) is 5.79. The number of aryl methyl sites for hydroxylation is 1. The molecule has 18 heavy (non-hydrogen) atoms. The number of nitrogens with zero attached hydrogens (tertiary/aromatic N) is 2. The first-order valence-corrected chi connectivity index (χ1v) is 5.79. The van der Waals surface area contributed by atoms with Gasteiger partial charge in [-0.1, -0.05) is 6.92 Å². The van der Waals surface area contributed by atoms with Gasteiger partial charge in [0.25, 0.3) is 0 Å². The number of carbonyl (C=O) groups excluding carboxylic acids is 1. The highest BCUT2D eigenvalue weighted by Gasteiger charge is 2.08. The van der Waals surface area contributed by atoms with Gasteiger partial charge in [-0.25, -0.2) is 14.8 Å². The first kappa shape index (κ1) is 14.0. The molecule has 0 saturated heterocycles. The van der Waals surface area contributed by atoms with Crippen LogP contribution in [0.3, 0.4) is 0 Å². The number of amides is 1. The van der Waals surface area contributed by atoms with E-state index in [1.165, 1.54) is 0 Å². The number of nitrogens with one attached hydrogen (secondary N) is 2. The summed E-state index contributed by atoms with van der Waals surface area (Å²) in [6.45, 7) is 4.56. The molecule has 0 bridgehead atoms. The Balaban J connectivity index is 2.71. The van der Waals surface area contributed by atoms with Gasteiger partial charge < -0.3 is 21.1 Å². The van der Waals surface area contributed by atoms with Gasteiger partial charge in [-0.15, -0.1) is 0 Å². The van der Waals surface area contributed by atoms with Gasteiger partial charge in [0.05, 0.1) is 6.54 Å². The summed E-state index contributed by atoms with van der Waals surface area (Å²) in [7, 11) is 1.81. The Morgan fingerprint density at radius 3 is 2.61 bits per heavy atom. The van der Waals surface area contributed by atoms with Gasteiger partial charge in [-0.3, -0.25) is 0 Å². The standard InChI is InChI=1S/C11H19N5O2/c1-4-8-15-9(13-3)7(2)10(16-8)14-5-6-18-11(12)17/h4-6H2,1-3H3,(H2,12,17)(H2,13,14,15,16). The second kappa shape index (κ2) is 6.63. The van der Waals surface area contributed by atoms with E-state index in [0.29, 0.717) is 6.54 Å². The summed E-state index contributed by atoms with van der Waals surface area (Å²) in [6.07, 6.45) is -0.0251. The number of hydrogen-bond acceptors (Lipinski definition) is 6. The molecule has 1 aromatic rings. The van der Waals surface area contributed by atoms with Crippen molar-refractivity contribution in [3.8, 4) is 0 Å². The number of nitrogens with two attached hydrogens (primary N) is 1. The van der Waals surface area contributed by atoms with E-state index >= 15 is 0 Å². The number of aromatic nitrogens is 2. The van der Waals surface area contributed by atoms with E-state index in [-0.39, 0.29) is 6.61 Å². The van der Waals surface area contributed by atoms with E-state index in [1.54, 1.807) is 0 Å². The lowest BCUT2D eigenvalue weighted by atomic mass is 10.3. The molecule has 0 aromatic carbocycles. The van der Waals surface area contributed by atoms with E-state index in [0.717, 1.165) is 29.4 Å². The molecule has 0 aliphatic heterocycles. The number of hydrogen-bond donors (Lipinski definition) is 3. The minimum Gasteiger partial charge on any atom is -0.448 e. The summed E-state index contributed by atoms with van der Waals surface area (Å²) >= 11 is 0. The number of ether oxygens (including phenoxy) is 1. The molecule has 0 aliphatic carbocycles. The van der Waals surface area contributed by atoms with E-state index in [2.05, 4.69) is 25.3 Å². The Kier molecular flexibility index (Phi) is 5.16. The van der Waals surface area contributed by atoms with E-state index in [4.69, 9.17) is 5.73 Å². The van der Waals surface area contributed by atoms with Crippen LogP contribution < -0.4 is 16.4 Å². The van der Waals surface area contributed by atoms with Gasteiger partial charge >= 0.3 is 6.09 Å². The van der Waals surface area contributed by atoms with Crippen molar-refractivity contribution in [3.05, 3.63) is 11.4 Å². The molecular formula is C11H19N5O2. The van der Waals surface area contributed by atoms with Crippen molar-refractivity contribution in [2.75, 3.05) is 30.8 Å². The molecule has 1 aromatic heterocycles. The van der Waals surface area contributed by atoms with E-state index in [9.17, 15) is 4.79 Å². The molecule has 0 radical (unpaired) electrons. The van der Waals surface area contributed by atoms with Crippen LogP contribution in [0.2, 0.25) is 0 Å². The Hall–Kier alpha value is -2.05. The highest BCUT2D eigenvalue weighted by Crippen LogP contribution is 2.19. The van der Waals surface area contributed by atoms with Crippen molar-refractivity contribution in [3.63, 3.8) is 0 Å². The molecule has 7 heteroatoms. The van der Waals surface area contributed by atoms with Gasteiger partial charge in [0.2, 0.25) is 0 Å². The maximum Gasteiger partial charge on any atom is 0.404 e. The largest absolute Gasteiger partial charge is 0.448 e. The Bertz CT molecular complexity index is 422. The number of carbonyl (C=O) groups is 1. The van der Waals surface area contributed by atoms with Crippen molar-refractivity contribution in [2.24, 2.45) is 5.73 Å². The topological polar surface area (TPSA) is 102 Å². The van der Waals surface area contributed by atoms with Crippen molar-refractivity contribution in [1.29, 1.82) is 0 Å². The van der Waals surface area contributed by atoms with Gasteiger partial charge in [0.1, 0.15) is 24.1 Å². The highest BCUT2D eigenvalue weighted by atomic mass is 16.5. The third kappa shape index (κ3) is 3.76. The molecule has 1 heterocycles. The van der Waals surface area contributed by atoms with Crippen molar-refractivity contribution in [1.82, 2.24) is 9.97 Å². The maximum absolute atomic E-state index is 10.4. The van der Waals surface area contributed by atoms with Crippen molar-refractivity contribution >= 4 is 17.7 Å². The molecule has 0 spiro atoms. The van der Waals surface area contributed by atoms with Crippen LogP contribution in [0.5, 0.6) is 0 Å². The predicted octanol–water partition coefficient (Wildman–Crippen LogP) is 0.896. The first-order chi connectivity index (χ1) is 8.58.